The summed E-state index contributed by atoms with van der Waals surface area (Å²) in [4.78, 5) is 0. The van der Waals surface area contributed by atoms with E-state index in [1.807, 2.05) is 31.2 Å². The van der Waals surface area contributed by atoms with Crippen molar-refractivity contribution in [2.45, 2.75) is 13.0 Å². The molecule has 0 aliphatic carbocycles. The van der Waals surface area contributed by atoms with Crippen LogP contribution in [0, 0.1) is 0 Å². The summed E-state index contributed by atoms with van der Waals surface area (Å²) in [7, 11) is -0.0253. The van der Waals surface area contributed by atoms with Crippen molar-refractivity contribution in [3.8, 4) is 0 Å². The molecular weight excluding hydrogens is 316 g/mol. The van der Waals surface area contributed by atoms with Crippen LogP contribution >= 0.6 is 15.9 Å². The Labute approximate surface area is 118 Å². The van der Waals surface area contributed by atoms with Gasteiger partial charge in [0, 0.05) is 31.2 Å². The third kappa shape index (κ3) is 4.68. The van der Waals surface area contributed by atoms with Crippen LogP contribution in [-0.4, -0.2) is 39.1 Å². The van der Waals surface area contributed by atoms with Crippen LogP contribution < -0.4 is 5.32 Å². The minimum absolute atomic E-state index is 0.109. The zero-order chi connectivity index (χ0) is 13.8. The molecule has 1 unspecified atom stereocenters. The number of sulfonamides is 1. The first-order valence-electron chi connectivity index (χ1n) is 5.72. The Kier molecular flexibility index (Phi) is 5.78. The average molecular weight is 335 g/mol. The van der Waals surface area contributed by atoms with Crippen LogP contribution in [0.4, 0.5) is 0 Å². The predicted octanol–water partition coefficient (Wildman–Crippen LogP) is 1.99. The van der Waals surface area contributed by atoms with Crippen LogP contribution in [0.1, 0.15) is 18.5 Å². The van der Waals surface area contributed by atoms with Crippen LogP contribution in [0.3, 0.4) is 0 Å². The molecule has 1 rings (SSSR count). The largest absolute Gasteiger partial charge is 0.309 e. The third-order valence-electron chi connectivity index (χ3n) is 2.72. The van der Waals surface area contributed by atoms with E-state index in [4.69, 9.17) is 0 Å². The molecule has 18 heavy (non-hydrogen) atoms. The zero-order valence-electron chi connectivity index (χ0n) is 10.9. The molecule has 0 fully saturated rings. The van der Waals surface area contributed by atoms with Crippen LogP contribution in [0.5, 0.6) is 0 Å². The quantitative estimate of drug-likeness (QED) is 0.865. The monoisotopic (exact) mass is 334 g/mol. The van der Waals surface area contributed by atoms with Crippen molar-refractivity contribution in [1.29, 1.82) is 0 Å². The van der Waals surface area contributed by atoms with E-state index in [0.717, 1.165) is 10.0 Å². The molecule has 6 heteroatoms. The Balaban J connectivity index is 2.50. The van der Waals surface area contributed by atoms with Gasteiger partial charge in [-0.3, -0.25) is 0 Å². The topological polar surface area (TPSA) is 49.4 Å². The minimum Gasteiger partial charge on any atom is -0.309 e. The SMILES string of the molecule is CC(NCCS(=O)(=O)N(C)C)c1cccc(Br)c1. The van der Waals surface area contributed by atoms with Crippen molar-refractivity contribution in [2.24, 2.45) is 0 Å². The van der Waals surface area contributed by atoms with E-state index in [-0.39, 0.29) is 11.8 Å². The molecule has 0 heterocycles. The Morgan fingerprint density at radius 1 is 1.39 bits per heavy atom. The predicted molar refractivity (Wildman–Crippen MR) is 78.0 cm³/mol. The summed E-state index contributed by atoms with van der Waals surface area (Å²) in [6, 6.07) is 8.10. The van der Waals surface area contributed by atoms with E-state index < -0.39 is 10.0 Å². The van der Waals surface area contributed by atoms with Gasteiger partial charge in [0.05, 0.1) is 5.75 Å². The molecule has 0 spiro atoms. The first-order valence-corrected chi connectivity index (χ1v) is 8.12. The Bertz CT molecular complexity index is 489. The van der Waals surface area contributed by atoms with Gasteiger partial charge in [0.25, 0.3) is 0 Å². The number of hydrogen-bond acceptors (Lipinski definition) is 3. The Morgan fingerprint density at radius 3 is 2.61 bits per heavy atom. The molecule has 1 aromatic rings. The molecule has 0 radical (unpaired) electrons. The molecular formula is C12H19BrN2O2S. The fourth-order valence-electron chi connectivity index (χ4n) is 1.48. The first kappa shape index (κ1) is 15.6. The molecule has 0 bridgehead atoms. The molecule has 0 aliphatic heterocycles. The molecule has 1 N–H and O–H groups in total. The van der Waals surface area contributed by atoms with Gasteiger partial charge in [-0.15, -0.1) is 0 Å². The second-order valence-corrected chi connectivity index (χ2v) is 7.55. The molecule has 1 aromatic carbocycles. The van der Waals surface area contributed by atoms with Crippen molar-refractivity contribution >= 4 is 26.0 Å². The molecule has 0 amide bonds. The molecule has 1 atom stereocenters. The number of benzene rings is 1. The molecule has 0 aliphatic rings. The highest BCUT2D eigenvalue weighted by atomic mass is 79.9. The van der Waals surface area contributed by atoms with Crippen LogP contribution in [0.15, 0.2) is 28.7 Å². The number of nitrogens with zero attached hydrogens (tertiary/aromatic N) is 1. The van der Waals surface area contributed by atoms with Gasteiger partial charge in [0.2, 0.25) is 10.0 Å². The number of hydrogen-bond donors (Lipinski definition) is 1. The second kappa shape index (κ2) is 6.65. The van der Waals surface area contributed by atoms with Crippen molar-refractivity contribution in [1.82, 2.24) is 9.62 Å². The number of halogens is 1. The van der Waals surface area contributed by atoms with Crippen LogP contribution in [0.2, 0.25) is 0 Å². The maximum Gasteiger partial charge on any atom is 0.214 e. The van der Waals surface area contributed by atoms with E-state index >= 15 is 0 Å². The lowest BCUT2D eigenvalue weighted by atomic mass is 10.1. The van der Waals surface area contributed by atoms with Gasteiger partial charge in [-0.05, 0) is 24.6 Å². The van der Waals surface area contributed by atoms with E-state index in [0.29, 0.717) is 6.54 Å². The lowest BCUT2D eigenvalue weighted by molar-refractivity contribution is 0.512. The first-order chi connectivity index (χ1) is 8.33. The van der Waals surface area contributed by atoms with E-state index in [1.54, 1.807) is 14.1 Å². The van der Waals surface area contributed by atoms with Gasteiger partial charge in [-0.25, -0.2) is 12.7 Å². The van der Waals surface area contributed by atoms with E-state index in [1.165, 1.54) is 4.31 Å². The van der Waals surface area contributed by atoms with Crippen molar-refractivity contribution in [3.05, 3.63) is 34.3 Å². The lowest BCUT2D eigenvalue weighted by Gasteiger charge is -2.16. The minimum atomic E-state index is -3.12. The summed E-state index contributed by atoms with van der Waals surface area (Å²) < 4.78 is 25.4. The van der Waals surface area contributed by atoms with Gasteiger partial charge in [-0.2, -0.15) is 0 Å². The summed E-state index contributed by atoms with van der Waals surface area (Å²) in [5.74, 6) is 0.109. The second-order valence-electron chi connectivity index (χ2n) is 4.33. The number of nitrogens with one attached hydrogen (secondary N) is 1. The summed E-state index contributed by atoms with van der Waals surface area (Å²) in [6.07, 6.45) is 0. The standard InChI is InChI=1S/C12H19BrN2O2S/c1-10(11-5-4-6-12(13)9-11)14-7-8-18(16,17)15(2)3/h4-6,9-10,14H,7-8H2,1-3H3. The lowest BCUT2D eigenvalue weighted by Crippen LogP contribution is -2.32. The summed E-state index contributed by atoms with van der Waals surface area (Å²) in [5.41, 5.74) is 1.13. The van der Waals surface area contributed by atoms with Crippen molar-refractivity contribution in [2.75, 3.05) is 26.4 Å². The van der Waals surface area contributed by atoms with E-state index in [2.05, 4.69) is 21.2 Å². The third-order valence-corrected chi connectivity index (χ3v) is 5.04. The normalized spacial score (nSPS) is 13.8. The Hall–Kier alpha value is -0.430. The van der Waals surface area contributed by atoms with Gasteiger partial charge < -0.3 is 5.32 Å². The maximum atomic E-state index is 11.6. The molecule has 4 nitrogen and oxygen atoms in total. The summed E-state index contributed by atoms with van der Waals surface area (Å²) >= 11 is 3.42. The number of rotatable bonds is 6. The smallest absolute Gasteiger partial charge is 0.214 e. The fourth-order valence-corrected chi connectivity index (χ4v) is 2.64. The molecule has 0 saturated carbocycles. The summed E-state index contributed by atoms with van der Waals surface area (Å²) in [5, 5.41) is 3.21. The molecule has 0 aromatic heterocycles. The highest BCUT2D eigenvalue weighted by Gasteiger charge is 2.13. The van der Waals surface area contributed by atoms with Crippen molar-refractivity contribution in [3.63, 3.8) is 0 Å². The van der Waals surface area contributed by atoms with Gasteiger partial charge in [0.1, 0.15) is 0 Å². The fraction of sp³-hybridized carbons (Fsp3) is 0.500. The zero-order valence-corrected chi connectivity index (χ0v) is 13.3. The van der Waals surface area contributed by atoms with Gasteiger partial charge in [-0.1, -0.05) is 28.1 Å². The highest BCUT2D eigenvalue weighted by Crippen LogP contribution is 2.17. The molecule has 0 saturated heterocycles. The van der Waals surface area contributed by atoms with Crippen LogP contribution in [0.25, 0.3) is 0 Å². The van der Waals surface area contributed by atoms with Gasteiger partial charge >= 0.3 is 0 Å². The highest BCUT2D eigenvalue weighted by molar-refractivity contribution is 9.10. The van der Waals surface area contributed by atoms with Gasteiger partial charge in [0.15, 0.2) is 0 Å². The summed E-state index contributed by atoms with van der Waals surface area (Å²) in [6.45, 7) is 2.46. The average Bonchev–Trinajstić information content (AvgIpc) is 2.28. The van der Waals surface area contributed by atoms with Crippen molar-refractivity contribution < 1.29 is 8.42 Å². The van der Waals surface area contributed by atoms with E-state index in [9.17, 15) is 8.42 Å². The Morgan fingerprint density at radius 2 is 2.06 bits per heavy atom. The maximum absolute atomic E-state index is 11.6. The molecule has 102 valence electrons. The van der Waals surface area contributed by atoms with Crippen LogP contribution in [-0.2, 0) is 10.0 Å².